The summed E-state index contributed by atoms with van der Waals surface area (Å²) < 4.78 is 13.5. The number of hydrogen-bond acceptors (Lipinski definition) is 1. The van der Waals surface area contributed by atoms with Crippen LogP contribution in [0, 0.1) is 11.7 Å². The number of halogens is 1. The van der Waals surface area contributed by atoms with Crippen molar-refractivity contribution in [2.45, 2.75) is 45.4 Å². The van der Waals surface area contributed by atoms with Gasteiger partial charge in [-0.25, -0.2) is 4.39 Å². The number of phenolic OH excluding ortho intramolecular Hbond substituents is 1. The Hall–Kier alpha value is -1.05. The van der Waals surface area contributed by atoms with Gasteiger partial charge in [-0.2, -0.15) is 0 Å². The second kappa shape index (κ2) is 4.08. The molecule has 0 aliphatic heterocycles. The van der Waals surface area contributed by atoms with Crippen molar-refractivity contribution < 1.29 is 9.50 Å². The lowest BCUT2D eigenvalue weighted by Gasteiger charge is -2.17. The van der Waals surface area contributed by atoms with E-state index in [2.05, 4.69) is 6.92 Å². The quantitative estimate of drug-likeness (QED) is 0.813. The predicted molar refractivity (Wildman–Crippen MR) is 63.3 cm³/mol. The summed E-state index contributed by atoms with van der Waals surface area (Å²) in [5.74, 6) is 1.13. The van der Waals surface area contributed by atoms with Gasteiger partial charge < -0.3 is 5.11 Å². The van der Waals surface area contributed by atoms with Crippen LogP contribution in [-0.4, -0.2) is 5.11 Å². The Bertz CT molecular complexity index is 394. The monoisotopic (exact) mass is 222 g/mol. The van der Waals surface area contributed by atoms with E-state index in [1.807, 2.05) is 13.8 Å². The van der Waals surface area contributed by atoms with Crippen LogP contribution >= 0.6 is 0 Å². The molecule has 1 atom stereocenters. The highest BCUT2D eigenvalue weighted by Crippen LogP contribution is 2.46. The van der Waals surface area contributed by atoms with Gasteiger partial charge in [0.05, 0.1) is 0 Å². The Morgan fingerprint density at radius 3 is 2.25 bits per heavy atom. The van der Waals surface area contributed by atoms with Crippen molar-refractivity contribution in [1.82, 2.24) is 0 Å². The molecule has 2 heteroatoms. The third kappa shape index (κ3) is 2.06. The average molecular weight is 222 g/mol. The SMILES string of the molecule is CC(C)c1cc(F)cc([C@@H](C)C2CC2)c1O. The molecule has 16 heavy (non-hydrogen) atoms. The van der Waals surface area contributed by atoms with Crippen molar-refractivity contribution in [2.75, 3.05) is 0 Å². The normalized spacial score (nSPS) is 17.8. The topological polar surface area (TPSA) is 20.2 Å². The Morgan fingerprint density at radius 2 is 1.75 bits per heavy atom. The number of rotatable bonds is 3. The van der Waals surface area contributed by atoms with Gasteiger partial charge >= 0.3 is 0 Å². The third-order valence-corrected chi connectivity index (χ3v) is 3.58. The molecule has 0 aromatic heterocycles. The summed E-state index contributed by atoms with van der Waals surface area (Å²) in [5, 5.41) is 10.2. The van der Waals surface area contributed by atoms with Gasteiger partial charge in [0.15, 0.2) is 0 Å². The van der Waals surface area contributed by atoms with Gasteiger partial charge in [-0.3, -0.25) is 0 Å². The lowest BCUT2D eigenvalue weighted by atomic mass is 9.90. The molecule has 1 saturated carbocycles. The van der Waals surface area contributed by atoms with Gasteiger partial charge in [0.25, 0.3) is 0 Å². The summed E-state index contributed by atoms with van der Waals surface area (Å²) in [7, 11) is 0. The smallest absolute Gasteiger partial charge is 0.124 e. The van der Waals surface area contributed by atoms with E-state index in [9.17, 15) is 9.50 Å². The van der Waals surface area contributed by atoms with E-state index < -0.39 is 0 Å². The molecule has 88 valence electrons. The number of benzene rings is 1. The minimum atomic E-state index is -0.232. The molecule has 1 aliphatic rings. The summed E-state index contributed by atoms with van der Waals surface area (Å²) in [4.78, 5) is 0. The molecule has 0 unspecified atom stereocenters. The van der Waals surface area contributed by atoms with E-state index in [1.165, 1.54) is 25.0 Å². The molecule has 2 rings (SSSR count). The van der Waals surface area contributed by atoms with Crippen LogP contribution in [0.3, 0.4) is 0 Å². The van der Waals surface area contributed by atoms with Crippen molar-refractivity contribution in [3.63, 3.8) is 0 Å². The predicted octanol–water partition coefficient (Wildman–Crippen LogP) is 4.17. The van der Waals surface area contributed by atoms with Crippen LogP contribution in [0.1, 0.15) is 56.6 Å². The third-order valence-electron chi connectivity index (χ3n) is 3.58. The molecule has 1 aliphatic carbocycles. The van der Waals surface area contributed by atoms with Crippen molar-refractivity contribution in [2.24, 2.45) is 5.92 Å². The van der Waals surface area contributed by atoms with Crippen LogP contribution in [0.25, 0.3) is 0 Å². The molecule has 0 radical (unpaired) electrons. The summed E-state index contributed by atoms with van der Waals surface area (Å²) in [5.41, 5.74) is 1.51. The maximum absolute atomic E-state index is 13.5. The van der Waals surface area contributed by atoms with Crippen molar-refractivity contribution >= 4 is 0 Å². The van der Waals surface area contributed by atoms with Gasteiger partial charge in [-0.1, -0.05) is 20.8 Å². The van der Waals surface area contributed by atoms with Crippen LogP contribution in [0.4, 0.5) is 4.39 Å². The highest BCUT2D eigenvalue weighted by molar-refractivity contribution is 5.44. The summed E-state index contributed by atoms with van der Waals surface area (Å²) in [6.45, 7) is 6.02. The summed E-state index contributed by atoms with van der Waals surface area (Å²) >= 11 is 0. The van der Waals surface area contributed by atoms with E-state index in [4.69, 9.17) is 0 Å². The Kier molecular flexibility index (Phi) is 2.92. The van der Waals surface area contributed by atoms with Gasteiger partial charge in [0.2, 0.25) is 0 Å². The number of hydrogen-bond donors (Lipinski definition) is 1. The fourth-order valence-corrected chi connectivity index (χ4v) is 2.28. The second-order valence-corrected chi connectivity index (χ2v) is 5.21. The van der Waals surface area contributed by atoms with Gasteiger partial charge in [-0.05, 0) is 48.3 Å². The molecule has 1 fully saturated rings. The molecule has 1 aromatic rings. The maximum atomic E-state index is 13.5. The van der Waals surface area contributed by atoms with E-state index in [0.29, 0.717) is 11.7 Å². The highest BCUT2D eigenvalue weighted by Gasteiger charge is 2.31. The minimum Gasteiger partial charge on any atom is -0.507 e. The summed E-state index contributed by atoms with van der Waals surface area (Å²) in [6, 6.07) is 2.94. The molecule has 0 saturated heterocycles. The first-order chi connectivity index (χ1) is 7.50. The van der Waals surface area contributed by atoms with Gasteiger partial charge in [0.1, 0.15) is 11.6 Å². The van der Waals surface area contributed by atoms with Crippen LogP contribution in [0.5, 0.6) is 5.75 Å². The maximum Gasteiger partial charge on any atom is 0.124 e. The molecule has 0 bridgehead atoms. The zero-order chi connectivity index (χ0) is 11.9. The molecule has 0 amide bonds. The molecule has 0 heterocycles. The Labute approximate surface area is 96.3 Å². The fraction of sp³-hybridized carbons (Fsp3) is 0.571. The zero-order valence-corrected chi connectivity index (χ0v) is 10.1. The Balaban J connectivity index is 2.43. The van der Waals surface area contributed by atoms with Gasteiger partial charge in [0, 0.05) is 5.56 Å². The molecule has 1 nitrogen and oxygen atoms in total. The second-order valence-electron chi connectivity index (χ2n) is 5.21. The molecule has 0 spiro atoms. The number of phenols is 1. The number of aromatic hydroxyl groups is 1. The van der Waals surface area contributed by atoms with Crippen molar-refractivity contribution in [3.8, 4) is 5.75 Å². The van der Waals surface area contributed by atoms with Crippen LogP contribution in [0.15, 0.2) is 12.1 Å². The molecular weight excluding hydrogens is 203 g/mol. The molecular formula is C14H19FO. The molecule has 1 N–H and O–H groups in total. The van der Waals surface area contributed by atoms with Crippen LogP contribution in [-0.2, 0) is 0 Å². The van der Waals surface area contributed by atoms with Crippen molar-refractivity contribution in [1.29, 1.82) is 0 Å². The van der Waals surface area contributed by atoms with Crippen molar-refractivity contribution in [3.05, 3.63) is 29.1 Å². The van der Waals surface area contributed by atoms with E-state index in [1.54, 1.807) is 0 Å². The first-order valence-electron chi connectivity index (χ1n) is 6.03. The summed E-state index contributed by atoms with van der Waals surface area (Å²) in [6.07, 6.45) is 2.41. The first-order valence-corrected chi connectivity index (χ1v) is 6.03. The van der Waals surface area contributed by atoms with Crippen LogP contribution in [0.2, 0.25) is 0 Å². The highest BCUT2D eigenvalue weighted by atomic mass is 19.1. The van der Waals surface area contributed by atoms with E-state index in [0.717, 1.165) is 11.1 Å². The lowest BCUT2D eigenvalue weighted by Crippen LogP contribution is -2.01. The van der Waals surface area contributed by atoms with Gasteiger partial charge in [-0.15, -0.1) is 0 Å². The largest absolute Gasteiger partial charge is 0.507 e. The Morgan fingerprint density at radius 1 is 1.19 bits per heavy atom. The molecule has 1 aromatic carbocycles. The fourth-order valence-electron chi connectivity index (χ4n) is 2.28. The standard InChI is InChI=1S/C14H19FO/c1-8(2)12-6-11(15)7-13(14(12)16)9(3)10-4-5-10/h6-10,16H,4-5H2,1-3H3/t9-/m0/s1. The van der Waals surface area contributed by atoms with Crippen LogP contribution < -0.4 is 0 Å². The average Bonchev–Trinajstić information content (AvgIpc) is 3.03. The van der Waals surface area contributed by atoms with E-state index in [-0.39, 0.29) is 17.7 Å². The lowest BCUT2D eigenvalue weighted by molar-refractivity contribution is 0.445. The zero-order valence-electron chi connectivity index (χ0n) is 10.1. The van der Waals surface area contributed by atoms with E-state index >= 15 is 0 Å². The first kappa shape index (κ1) is 11.4. The minimum absolute atomic E-state index is 0.154.